The minimum Gasteiger partial charge on any atom is -0.333 e. The van der Waals surface area contributed by atoms with Gasteiger partial charge in [-0.25, -0.2) is 0 Å². The standard InChI is InChI=1S/C12H14BrClN2O.ClH/c1-8-7-15-4-5-16(8)12(17)9-2-3-10(13)11(14)6-9;/h2-3,6,8,15H,4-5,7H2,1H3;1H/t8-;/m1./s1. The van der Waals surface area contributed by atoms with Crippen LogP contribution in [0.3, 0.4) is 0 Å². The van der Waals surface area contributed by atoms with Crippen molar-refractivity contribution in [1.82, 2.24) is 10.2 Å². The summed E-state index contributed by atoms with van der Waals surface area (Å²) in [4.78, 5) is 14.2. The lowest BCUT2D eigenvalue weighted by Crippen LogP contribution is -2.52. The number of piperazine rings is 1. The molecule has 1 heterocycles. The predicted molar refractivity (Wildman–Crippen MR) is 79.8 cm³/mol. The molecule has 0 radical (unpaired) electrons. The molecule has 1 saturated heterocycles. The third-order valence-corrected chi connectivity index (χ3v) is 4.16. The quantitative estimate of drug-likeness (QED) is 0.841. The van der Waals surface area contributed by atoms with Crippen molar-refractivity contribution in [1.29, 1.82) is 0 Å². The molecular formula is C12H15BrCl2N2O. The van der Waals surface area contributed by atoms with E-state index in [1.165, 1.54) is 0 Å². The molecule has 0 spiro atoms. The summed E-state index contributed by atoms with van der Waals surface area (Å²) in [5.74, 6) is 0.0494. The van der Waals surface area contributed by atoms with Gasteiger partial charge in [-0.15, -0.1) is 12.4 Å². The normalized spacial score (nSPS) is 19.3. The van der Waals surface area contributed by atoms with E-state index in [2.05, 4.69) is 21.2 Å². The van der Waals surface area contributed by atoms with Crippen LogP contribution in [-0.2, 0) is 0 Å². The fourth-order valence-electron chi connectivity index (χ4n) is 1.94. The number of amides is 1. The van der Waals surface area contributed by atoms with E-state index in [1.807, 2.05) is 17.9 Å². The van der Waals surface area contributed by atoms with Crippen LogP contribution in [0.15, 0.2) is 22.7 Å². The van der Waals surface area contributed by atoms with E-state index < -0.39 is 0 Å². The first-order valence-corrected chi connectivity index (χ1v) is 6.73. The summed E-state index contributed by atoms with van der Waals surface area (Å²) in [6, 6.07) is 5.54. The molecule has 1 amide bonds. The summed E-state index contributed by atoms with van der Waals surface area (Å²) in [7, 11) is 0. The van der Waals surface area contributed by atoms with Gasteiger partial charge in [0.15, 0.2) is 0 Å². The average Bonchev–Trinajstić information content (AvgIpc) is 2.32. The van der Waals surface area contributed by atoms with Crippen molar-refractivity contribution in [2.45, 2.75) is 13.0 Å². The van der Waals surface area contributed by atoms with E-state index in [1.54, 1.807) is 12.1 Å². The van der Waals surface area contributed by atoms with Crippen molar-refractivity contribution >= 4 is 45.8 Å². The van der Waals surface area contributed by atoms with E-state index in [0.717, 1.165) is 24.1 Å². The topological polar surface area (TPSA) is 32.3 Å². The third-order valence-electron chi connectivity index (χ3n) is 2.93. The Morgan fingerprint density at radius 2 is 2.28 bits per heavy atom. The van der Waals surface area contributed by atoms with Crippen LogP contribution in [0.1, 0.15) is 17.3 Å². The van der Waals surface area contributed by atoms with Crippen LogP contribution in [0.5, 0.6) is 0 Å². The summed E-state index contributed by atoms with van der Waals surface area (Å²) in [6.07, 6.45) is 0. The van der Waals surface area contributed by atoms with Gasteiger partial charge in [0.1, 0.15) is 0 Å². The summed E-state index contributed by atoms with van der Waals surface area (Å²) >= 11 is 9.32. The highest BCUT2D eigenvalue weighted by Gasteiger charge is 2.24. The van der Waals surface area contributed by atoms with Crippen molar-refractivity contribution in [2.24, 2.45) is 0 Å². The largest absolute Gasteiger partial charge is 0.333 e. The predicted octanol–water partition coefficient (Wildman–Crippen LogP) is 2.96. The minimum absolute atomic E-state index is 0. The first kappa shape index (κ1) is 15.8. The number of rotatable bonds is 1. The molecule has 6 heteroatoms. The van der Waals surface area contributed by atoms with Gasteiger partial charge in [0.2, 0.25) is 0 Å². The van der Waals surface area contributed by atoms with Crippen LogP contribution >= 0.6 is 39.9 Å². The lowest BCUT2D eigenvalue weighted by atomic mass is 10.1. The molecule has 3 nitrogen and oxygen atoms in total. The number of carbonyl (C=O) groups excluding carboxylic acids is 1. The molecule has 1 atom stereocenters. The SMILES string of the molecule is C[C@@H]1CNCCN1C(=O)c1ccc(Br)c(Cl)c1.Cl. The van der Waals surface area contributed by atoms with Gasteiger partial charge < -0.3 is 10.2 Å². The van der Waals surface area contributed by atoms with E-state index in [4.69, 9.17) is 11.6 Å². The zero-order valence-corrected chi connectivity index (χ0v) is 13.1. The van der Waals surface area contributed by atoms with E-state index in [9.17, 15) is 4.79 Å². The molecule has 1 N–H and O–H groups in total. The molecule has 1 fully saturated rings. The van der Waals surface area contributed by atoms with Gasteiger partial charge in [-0.3, -0.25) is 4.79 Å². The number of halogens is 3. The summed E-state index contributed by atoms with van der Waals surface area (Å²) < 4.78 is 0.809. The molecule has 100 valence electrons. The van der Waals surface area contributed by atoms with Gasteiger partial charge in [0, 0.05) is 35.7 Å². The molecule has 0 saturated carbocycles. The Kier molecular flexibility index (Phi) is 5.92. The number of carbonyl (C=O) groups is 1. The van der Waals surface area contributed by atoms with Crippen LogP contribution in [-0.4, -0.2) is 36.5 Å². The molecule has 2 rings (SSSR count). The molecule has 1 aromatic rings. The number of hydrogen-bond acceptors (Lipinski definition) is 2. The Balaban J connectivity index is 0.00000162. The Morgan fingerprint density at radius 3 is 2.89 bits per heavy atom. The van der Waals surface area contributed by atoms with Gasteiger partial charge in [-0.1, -0.05) is 11.6 Å². The molecule has 0 aromatic heterocycles. The second kappa shape index (κ2) is 6.75. The van der Waals surface area contributed by atoms with Crippen LogP contribution in [0.2, 0.25) is 5.02 Å². The maximum atomic E-state index is 12.3. The van der Waals surface area contributed by atoms with Crippen LogP contribution < -0.4 is 5.32 Å². The molecule has 0 bridgehead atoms. The Bertz CT molecular complexity index is 442. The second-order valence-electron chi connectivity index (χ2n) is 4.18. The Morgan fingerprint density at radius 1 is 1.56 bits per heavy atom. The van der Waals surface area contributed by atoms with E-state index in [0.29, 0.717) is 10.6 Å². The molecule has 0 unspecified atom stereocenters. The number of hydrogen-bond donors (Lipinski definition) is 1. The van der Waals surface area contributed by atoms with Crippen molar-refractivity contribution < 1.29 is 4.79 Å². The van der Waals surface area contributed by atoms with Gasteiger partial charge in [0.05, 0.1) is 5.02 Å². The zero-order valence-electron chi connectivity index (χ0n) is 9.95. The number of benzene rings is 1. The smallest absolute Gasteiger partial charge is 0.254 e. The van der Waals surface area contributed by atoms with Gasteiger partial charge >= 0.3 is 0 Å². The molecule has 1 aliphatic heterocycles. The average molecular weight is 354 g/mol. The number of nitrogens with zero attached hydrogens (tertiary/aromatic N) is 1. The van der Waals surface area contributed by atoms with Gasteiger partial charge in [-0.05, 0) is 41.1 Å². The fourth-order valence-corrected chi connectivity index (χ4v) is 2.36. The maximum Gasteiger partial charge on any atom is 0.254 e. The molecule has 1 aliphatic rings. The highest BCUT2D eigenvalue weighted by Crippen LogP contribution is 2.24. The molecular weight excluding hydrogens is 339 g/mol. The lowest BCUT2D eigenvalue weighted by Gasteiger charge is -2.34. The minimum atomic E-state index is 0. The lowest BCUT2D eigenvalue weighted by molar-refractivity contribution is 0.0656. The van der Waals surface area contributed by atoms with Crippen LogP contribution in [0, 0.1) is 0 Å². The first-order valence-electron chi connectivity index (χ1n) is 5.56. The van der Waals surface area contributed by atoms with Crippen molar-refractivity contribution in [3.8, 4) is 0 Å². The zero-order chi connectivity index (χ0) is 12.4. The second-order valence-corrected chi connectivity index (χ2v) is 5.44. The molecule has 1 aromatic carbocycles. The van der Waals surface area contributed by atoms with Crippen molar-refractivity contribution in [3.63, 3.8) is 0 Å². The highest BCUT2D eigenvalue weighted by atomic mass is 79.9. The van der Waals surface area contributed by atoms with Gasteiger partial charge in [-0.2, -0.15) is 0 Å². The third kappa shape index (κ3) is 3.38. The van der Waals surface area contributed by atoms with Crippen molar-refractivity contribution in [3.05, 3.63) is 33.3 Å². The van der Waals surface area contributed by atoms with E-state index >= 15 is 0 Å². The number of nitrogens with one attached hydrogen (secondary N) is 1. The first-order chi connectivity index (χ1) is 8.09. The summed E-state index contributed by atoms with van der Waals surface area (Å²) in [5, 5.41) is 3.83. The maximum absolute atomic E-state index is 12.3. The van der Waals surface area contributed by atoms with E-state index in [-0.39, 0.29) is 24.4 Å². The summed E-state index contributed by atoms with van der Waals surface area (Å²) in [5.41, 5.74) is 0.645. The fraction of sp³-hybridized carbons (Fsp3) is 0.417. The van der Waals surface area contributed by atoms with Gasteiger partial charge in [0.25, 0.3) is 5.91 Å². The highest BCUT2D eigenvalue weighted by molar-refractivity contribution is 9.10. The molecule has 18 heavy (non-hydrogen) atoms. The Hall–Kier alpha value is -0.290. The van der Waals surface area contributed by atoms with Crippen molar-refractivity contribution in [2.75, 3.05) is 19.6 Å². The molecule has 0 aliphatic carbocycles. The summed E-state index contributed by atoms with van der Waals surface area (Å²) in [6.45, 7) is 4.48. The Labute approximate surface area is 126 Å². The van der Waals surface area contributed by atoms with Crippen LogP contribution in [0.4, 0.5) is 0 Å². The monoisotopic (exact) mass is 352 g/mol. The van der Waals surface area contributed by atoms with Crippen LogP contribution in [0.25, 0.3) is 0 Å².